The topological polar surface area (TPSA) is 117 Å². The summed E-state index contributed by atoms with van der Waals surface area (Å²) in [5.41, 5.74) is 7.67. The molecule has 0 radical (unpaired) electrons. The van der Waals surface area contributed by atoms with Crippen LogP contribution in [0.4, 0.5) is 5.69 Å². The van der Waals surface area contributed by atoms with Crippen molar-refractivity contribution < 1.29 is 10.2 Å². The molecule has 2 aromatic rings. The lowest BCUT2D eigenvalue weighted by Gasteiger charge is -2.06. The fourth-order valence-electron chi connectivity index (χ4n) is 1.73. The number of H-pyrrole nitrogens is 1. The Balaban J connectivity index is 2.36. The number of guanidine groups is 1. The predicted molar refractivity (Wildman–Crippen MR) is 73.0 cm³/mol. The molecule has 1 aromatic heterocycles. The Morgan fingerprint density at radius 2 is 1.95 bits per heavy atom. The van der Waals surface area contributed by atoms with E-state index in [4.69, 9.17) is 5.53 Å². The molecule has 0 bridgehead atoms. The highest BCUT2D eigenvalue weighted by molar-refractivity contribution is 5.99. The number of fused-ring (bicyclic) bond motifs is 1. The molecule has 0 spiro atoms. The van der Waals surface area contributed by atoms with Crippen molar-refractivity contribution in [1.82, 2.24) is 4.98 Å². The monoisotopic (exact) mass is 261 g/mol. The Morgan fingerprint density at radius 1 is 1.26 bits per heavy atom. The third kappa shape index (κ3) is 2.65. The molecular weight excluding hydrogens is 246 g/mol. The maximum atomic E-state index is 9.62. The zero-order valence-electron chi connectivity index (χ0n) is 10.6. The second-order valence-electron chi connectivity index (χ2n) is 4.37. The van der Waals surface area contributed by atoms with Crippen LogP contribution in [0.1, 0.15) is 13.8 Å². The van der Waals surface area contributed by atoms with E-state index in [0.29, 0.717) is 16.5 Å². The SMILES string of the molecule is CC(C)N=C(N=N)Nc1ccc2c(O)[nH]c(O)c2c1. The standard InChI is InChI=1S/C12H15N5O2/c1-6(2)14-12(17-13)15-7-3-4-8-9(5-7)11(19)16-10(8)18/h3-6,13,16,18-19H,1-2H3,(H,14,15). The maximum absolute atomic E-state index is 9.62. The first-order valence-electron chi connectivity index (χ1n) is 5.77. The Kier molecular flexibility index (Phi) is 3.37. The number of rotatable bonds is 2. The molecular formula is C12H15N5O2. The molecule has 0 atom stereocenters. The number of aliphatic imine (C=N–C) groups is 1. The van der Waals surface area contributed by atoms with Gasteiger partial charge in [-0.15, -0.1) is 5.11 Å². The number of hydrogen-bond donors (Lipinski definition) is 5. The van der Waals surface area contributed by atoms with Gasteiger partial charge in [0.05, 0.1) is 0 Å². The van der Waals surface area contributed by atoms with E-state index in [-0.39, 0.29) is 23.8 Å². The van der Waals surface area contributed by atoms with Gasteiger partial charge in [-0.25, -0.2) is 10.5 Å². The molecule has 5 N–H and O–H groups in total. The average Bonchev–Trinajstić information content (AvgIpc) is 2.63. The van der Waals surface area contributed by atoms with Crippen LogP contribution in [0.5, 0.6) is 11.8 Å². The summed E-state index contributed by atoms with van der Waals surface area (Å²) in [7, 11) is 0. The molecule has 0 amide bonds. The van der Waals surface area contributed by atoms with Gasteiger partial charge in [-0.05, 0) is 32.0 Å². The van der Waals surface area contributed by atoms with Crippen molar-refractivity contribution in [2.45, 2.75) is 19.9 Å². The smallest absolute Gasteiger partial charge is 0.242 e. The van der Waals surface area contributed by atoms with Crippen molar-refractivity contribution in [3.63, 3.8) is 0 Å². The van der Waals surface area contributed by atoms with E-state index in [1.165, 1.54) is 0 Å². The molecule has 100 valence electrons. The molecule has 1 aromatic carbocycles. The molecule has 2 rings (SSSR count). The first kappa shape index (κ1) is 12.9. The van der Waals surface area contributed by atoms with E-state index in [9.17, 15) is 10.2 Å². The molecule has 0 fully saturated rings. The predicted octanol–water partition coefficient (Wildman–Crippen LogP) is 2.79. The van der Waals surface area contributed by atoms with Crippen molar-refractivity contribution >= 4 is 22.4 Å². The van der Waals surface area contributed by atoms with E-state index in [0.717, 1.165) is 0 Å². The molecule has 0 saturated heterocycles. The molecule has 7 nitrogen and oxygen atoms in total. The first-order chi connectivity index (χ1) is 9.01. The Labute approximate surface area is 109 Å². The van der Waals surface area contributed by atoms with Gasteiger partial charge in [0.1, 0.15) is 0 Å². The fourth-order valence-corrected chi connectivity index (χ4v) is 1.73. The van der Waals surface area contributed by atoms with Gasteiger partial charge in [0, 0.05) is 22.5 Å². The van der Waals surface area contributed by atoms with Crippen LogP contribution >= 0.6 is 0 Å². The van der Waals surface area contributed by atoms with Gasteiger partial charge in [-0.2, -0.15) is 0 Å². The first-order valence-corrected chi connectivity index (χ1v) is 5.77. The Morgan fingerprint density at radius 3 is 2.58 bits per heavy atom. The van der Waals surface area contributed by atoms with E-state index in [2.05, 4.69) is 20.4 Å². The third-order valence-corrected chi connectivity index (χ3v) is 2.51. The Hall–Kier alpha value is -2.57. The van der Waals surface area contributed by atoms with Gasteiger partial charge in [0.2, 0.25) is 5.96 Å². The molecule has 0 aliphatic rings. The summed E-state index contributed by atoms with van der Waals surface area (Å²) in [5.74, 6) is -0.00444. The molecule has 0 unspecified atom stereocenters. The third-order valence-electron chi connectivity index (χ3n) is 2.51. The normalized spacial score (nSPS) is 12.1. The van der Waals surface area contributed by atoms with Gasteiger partial charge in [-0.1, -0.05) is 0 Å². The van der Waals surface area contributed by atoms with Crippen LogP contribution in [0.3, 0.4) is 0 Å². The summed E-state index contributed by atoms with van der Waals surface area (Å²) < 4.78 is 0. The number of hydrogen-bond acceptors (Lipinski definition) is 4. The summed E-state index contributed by atoms with van der Waals surface area (Å²) in [6, 6.07) is 5.02. The minimum absolute atomic E-state index is 0.0186. The number of aromatic amines is 1. The lowest BCUT2D eigenvalue weighted by Crippen LogP contribution is -2.10. The molecule has 7 heteroatoms. The highest BCUT2D eigenvalue weighted by Gasteiger charge is 2.09. The fraction of sp³-hybridized carbons (Fsp3) is 0.250. The number of aromatic nitrogens is 1. The Bertz CT molecular complexity index is 645. The van der Waals surface area contributed by atoms with Crippen molar-refractivity contribution in [2.75, 3.05) is 5.32 Å². The van der Waals surface area contributed by atoms with Crippen LogP contribution in [-0.2, 0) is 0 Å². The molecule has 0 aliphatic carbocycles. The summed E-state index contributed by atoms with van der Waals surface area (Å²) in [6.07, 6.45) is 0. The zero-order chi connectivity index (χ0) is 14.0. The number of anilines is 1. The highest BCUT2D eigenvalue weighted by Crippen LogP contribution is 2.33. The van der Waals surface area contributed by atoms with Crippen LogP contribution in [0.15, 0.2) is 28.3 Å². The molecule has 0 aliphatic heterocycles. The van der Waals surface area contributed by atoms with Gasteiger partial charge in [-0.3, -0.25) is 4.98 Å². The summed E-state index contributed by atoms with van der Waals surface area (Å²) >= 11 is 0. The van der Waals surface area contributed by atoms with Crippen LogP contribution in [0, 0.1) is 5.53 Å². The van der Waals surface area contributed by atoms with Crippen LogP contribution < -0.4 is 5.32 Å². The van der Waals surface area contributed by atoms with Gasteiger partial charge >= 0.3 is 0 Å². The summed E-state index contributed by atoms with van der Waals surface area (Å²) in [4.78, 5) is 6.56. The lowest BCUT2D eigenvalue weighted by molar-refractivity contribution is 0.429. The van der Waals surface area contributed by atoms with Crippen LogP contribution in [0.25, 0.3) is 10.8 Å². The second-order valence-corrected chi connectivity index (χ2v) is 4.37. The molecule has 0 saturated carbocycles. The van der Waals surface area contributed by atoms with Crippen molar-refractivity contribution in [3.8, 4) is 11.8 Å². The highest BCUT2D eigenvalue weighted by atomic mass is 16.3. The zero-order valence-corrected chi connectivity index (χ0v) is 10.6. The van der Waals surface area contributed by atoms with E-state index in [1.54, 1.807) is 18.2 Å². The van der Waals surface area contributed by atoms with E-state index in [1.807, 2.05) is 13.8 Å². The lowest BCUT2D eigenvalue weighted by atomic mass is 10.2. The van der Waals surface area contributed by atoms with Gasteiger partial charge in [0.25, 0.3) is 0 Å². The summed E-state index contributed by atoms with van der Waals surface area (Å²) in [6.45, 7) is 3.76. The van der Waals surface area contributed by atoms with Gasteiger partial charge < -0.3 is 15.5 Å². The van der Waals surface area contributed by atoms with E-state index >= 15 is 0 Å². The van der Waals surface area contributed by atoms with E-state index < -0.39 is 0 Å². The number of nitrogens with one attached hydrogen (secondary N) is 3. The molecule has 1 heterocycles. The molecule has 19 heavy (non-hydrogen) atoms. The van der Waals surface area contributed by atoms with Crippen LogP contribution in [0.2, 0.25) is 0 Å². The number of aromatic hydroxyl groups is 2. The second kappa shape index (κ2) is 4.97. The van der Waals surface area contributed by atoms with Crippen LogP contribution in [-0.4, -0.2) is 27.2 Å². The van der Waals surface area contributed by atoms with Crippen molar-refractivity contribution in [3.05, 3.63) is 18.2 Å². The van der Waals surface area contributed by atoms with Crippen molar-refractivity contribution in [1.29, 1.82) is 5.53 Å². The summed E-state index contributed by atoms with van der Waals surface area (Å²) in [5, 5.41) is 26.3. The largest absolute Gasteiger partial charge is 0.494 e. The minimum atomic E-state index is -0.110. The minimum Gasteiger partial charge on any atom is -0.494 e. The quantitative estimate of drug-likeness (QED) is 0.325. The average molecular weight is 261 g/mol. The maximum Gasteiger partial charge on any atom is 0.242 e. The number of benzene rings is 1. The van der Waals surface area contributed by atoms with Crippen molar-refractivity contribution in [2.24, 2.45) is 10.1 Å². The van der Waals surface area contributed by atoms with Gasteiger partial charge in [0.15, 0.2) is 11.8 Å². The number of nitrogens with zero attached hydrogens (tertiary/aromatic N) is 2.